The van der Waals surface area contributed by atoms with Gasteiger partial charge in [-0.2, -0.15) is 21.6 Å². The van der Waals surface area contributed by atoms with Gasteiger partial charge in [0, 0.05) is 0 Å². The first-order chi connectivity index (χ1) is 11.5. The molecule has 7 nitrogen and oxygen atoms in total. The maximum Gasteiger partial charge on any atom is 0.404 e. The molecule has 1 unspecified atom stereocenters. The summed E-state index contributed by atoms with van der Waals surface area (Å²) in [5.41, 5.74) is -0.387. The number of benzene rings is 1. The van der Waals surface area contributed by atoms with E-state index in [1.165, 1.54) is 25.1 Å². The molecule has 1 aromatic carbocycles. The van der Waals surface area contributed by atoms with Gasteiger partial charge in [-0.3, -0.25) is 9.35 Å². The van der Waals surface area contributed by atoms with Crippen LogP contribution in [-0.4, -0.2) is 49.4 Å². The number of halogens is 3. The number of hydrogen-bond donors (Lipinski definition) is 2. The van der Waals surface area contributed by atoms with Crippen LogP contribution in [-0.2, 0) is 24.4 Å². The fraction of sp³-hybridized carbons (Fsp3) is 0.429. The van der Waals surface area contributed by atoms with Crippen molar-refractivity contribution in [2.75, 3.05) is 12.4 Å². The molecule has 0 bridgehead atoms. The SMILES string of the molecule is CCOC(=O)[C@H](CS(=O)(=O)O)NC(=O)C(c1ccccc1)C(F)(F)F. The van der Waals surface area contributed by atoms with Gasteiger partial charge in [-0.05, 0) is 12.5 Å². The number of rotatable bonds is 7. The molecule has 0 aliphatic heterocycles. The summed E-state index contributed by atoms with van der Waals surface area (Å²) in [4.78, 5) is 23.8. The number of ether oxygens (including phenoxy) is 1. The first-order valence-electron chi connectivity index (χ1n) is 6.99. The fourth-order valence-corrected chi connectivity index (χ4v) is 2.65. The summed E-state index contributed by atoms with van der Waals surface area (Å²) >= 11 is 0. The fourth-order valence-electron chi connectivity index (χ4n) is 2.01. The van der Waals surface area contributed by atoms with Crippen LogP contribution in [0.4, 0.5) is 13.2 Å². The maximum absolute atomic E-state index is 13.2. The number of alkyl halides is 3. The summed E-state index contributed by atoms with van der Waals surface area (Å²) < 4.78 is 75.0. The van der Waals surface area contributed by atoms with E-state index in [9.17, 15) is 31.2 Å². The molecule has 2 N–H and O–H groups in total. The molecule has 0 saturated heterocycles. The van der Waals surface area contributed by atoms with Crippen LogP contribution in [0.3, 0.4) is 0 Å². The molecule has 0 saturated carbocycles. The lowest BCUT2D eigenvalue weighted by molar-refractivity contribution is -0.167. The Morgan fingerprint density at radius 3 is 2.24 bits per heavy atom. The molecule has 0 aromatic heterocycles. The van der Waals surface area contributed by atoms with Crippen molar-refractivity contribution in [2.45, 2.75) is 25.1 Å². The lowest BCUT2D eigenvalue weighted by atomic mass is 9.97. The summed E-state index contributed by atoms with van der Waals surface area (Å²) in [6.45, 7) is 1.19. The Morgan fingerprint density at radius 1 is 1.24 bits per heavy atom. The molecule has 0 spiro atoms. The van der Waals surface area contributed by atoms with Gasteiger partial charge in [0.05, 0.1) is 6.61 Å². The highest BCUT2D eigenvalue weighted by Crippen LogP contribution is 2.35. The van der Waals surface area contributed by atoms with E-state index in [4.69, 9.17) is 4.55 Å². The van der Waals surface area contributed by atoms with Crippen LogP contribution in [0.25, 0.3) is 0 Å². The third-order valence-electron chi connectivity index (χ3n) is 2.99. The molecule has 1 rings (SSSR count). The molecule has 0 radical (unpaired) electrons. The number of esters is 1. The summed E-state index contributed by atoms with van der Waals surface area (Å²) in [6, 6.07) is 4.20. The van der Waals surface area contributed by atoms with Crippen molar-refractivity contribution in [2.24, 2.45) is 0 Å². The second-order valence-electron chi connectivity index (χ2n) is 4.95. The Labute approximate surface area is 141 Å². The second kappa shape index (κ2) is 8.30. The molecular formula is C14H16F3NO6S. The van der Waals surface area contributed by atoms with Crippen molar-refractivity contribution in [1.29, 1.82) is 0 Å². The van der Waals surface area contributed by atoms with Gasteiger partial charge in [-0.15, -0.1) is 0 Å². The summed E-state index contributed by atoms with van der Waals surface area (Å²) in [7, 11) is -4.75. The predicted molar refractivity (Wildman–Crippen MR) is 80.2 cm³/mol. The molecule has 1 aromatic rings. The highest BCUT2D eigenvalue weighted by atomic mass is 32.2. The molecule has 140 valence electrons. The van der Waals surface area contributed by atoms with Crippen molar-refractivity contribution in [1.82, 2.24) is 5.32 Å². The Kier molecular flexibility index (Phi) is 6.94. The molecule has 1 amide bonds. The average molecular weight is 383 g/mol. The Bertz CT molecular complexity index is 705. The number of amides is 1. The maximum atomic E-state index is 13.2. The largest absolute Gasteiger partial charge is 0.464 e. The minimum absolute atomic E-state index is 0.196. The lowest BCUT2D eigenvalue weighted by Gasteiger charge is -2.23. The zero-order valence-corrected chi connectivity index (χ0v) is 13.8. The molecule has 0 aliphatic carbocycles. The van der Waals surface area contributed by atoms with Gasteiger partial charge >= 0.3 is 12.1 Å². The van der Waals surface area contributed by atoms with Crippen molar-refractivity contribution in [3.8, 4) is 0 Å². The van der Waals surface area contributed by atoms with Gasteiger partial charge < -0.3 is 10.1 Å². The second-order valence-corrected chi connectivity index (χ2v) is 6.44. The van der Waals surface area contributed by atoms with Crippen LogP contribution in [0.2, 0.25) is 0 Å². The number of hydrogen-bond acceptors (Lipinski definition) is 5. The van der Waals surface area contributed by atoms with Crippen LogP contribution >= 0.6 is 0 Å². The van der Waals surface area contributed by atoms with E-state index in [0.717, 1.165) is 12.1 Å². The monoisotopic (exact) mass is 383 g/mol. The van der Waals surface area contributed by atoms with E-state index in [1.54, 1.807) is 5.32 Å². The Morgan fingerprint density at radius 2 is 1.80 bits per heavy atom. The van der Waals surface area contributed by atoms with Crippen LogP contribution in [0.5, 0.6) is 0 Å². The zero-order valence-electron chi connectivity index (χ0n) is 13.0. The van der Waals surface area contributed by atoms with E-state index in [1.807, 2.05) is 0 Å². The van der Waals surface area contributed by atoms with Crippen LogP contribution in [0.1, 0.15) is 18.4 Å². The standard InChI is InChI=1S/C14H16F3NO6S/c1-2-24-13(20)10(8-25(21,22)23)18-12(19)11(14(15,16)17)9-6-4-3-5-7-9/h3-7,10-11H,2,8H2,1H3,(H,18,19)(H,21,22,23)/t10-,11?/m0/s1. The zero-order chi connectivity index (χ0) is 19.3. The summed E-state index contributed by atoms with van der Waals surface area (Å²) in [6.07, 6.45) is -4.98. The lowest BCUT2D eigenvalue weighted by Crippen LogP contribution is -2.49. The smallest absolute Gasteiger partial charge is 0.404 e. The molecule has 2 atom stereocenters. The van der Waals surface area contributed by atoms with Crippen LogP contribution < -0.4 is 5.32 Å². The van der Waals surface area contributed by atoms with Crippen molar-refractivity contribution in [3.63, 3.8) is 0 Å². The molecule has 0 heterocycles. The van der Waals surface area contributed by atoms with E-state index in [2.05, 4.69) is 4.74 Å². The van der Waals surface area contributed by atoms with E-state index < -0.39 is 45.9 Å². The van der Waals surface area contributed by atoms with Crippen molar-refractivity contribution < 1.29 is 40.5 Å². The predicted octanol–water partition coefficient (Wildman–Crippen LogP) is 1.27. The van der Waals surface area contributed by atoms with Crippen LogP contribution in [0.15, 0.2) is 30.3 Å². The third-order valence-corrected chi connectivity index (χ3v) is 3.74. The van der Waals surface area contributed by atoms with E-state index in [-0.39, 0.29) is 12.2 Å². The molecule has 25 heavy (non-hydrogen) atoms. The summed E-state index contributed by atoms with van der Waals surface area (Å²) in [5, 5.41) is 1.69. The quantitative estimate of drug-likeness (QED) is 0.542. The van der Waals surface area contributed by atoms with E-state index in [0.29, 0.717) is 0 Å². The van der Waals surface area contributed by atoms with Gasteiger partial charge in [0.2, 0.25) is 5.91 Å². The number of carbonyl (C=O) groups is 2. The molecule has 0 aliphatic rings. The van der Waals surface area contributed by atoms with E-state index >= 15 is 0 Å². The minimum atomic E-state index is -4.98. The van der Waals surface area contributed by atoms with Gasteiger partial charge in [-0.1, -0.05) is 30.3 Å². The third kappa shape index (κ3) is 6.70. The normalized spacial score (nSPS) is 14.4. The van der Waals surface area contributed by atoms with Crippen LogP contribution in [0, 0.1) is 0 Å². The molecule has 0 fully saturated rings. The first kappa shape index (κ1) is 20.9. The molecule has 11 heteroatoms. The van der Waals surface area contributed by atoms with Gasteiger partial charge in [0.25, 0.3) is 10.1 Å². The highest BCUT2D eigenvalue weighted by molar-refractivity contribution is 7.85. The minimum Gasteiger partial charge on any atom is -0.464 e. The topological polar surface area (TPSA) is 110 Å². The Balaban J connectivity index is 3.11. The van der Waals surface area contributed by atoms with Crippen molar-refractivity contribution >= 4 is 22.0 Å². The van der Waals surface area contributed by atoms with Gasteiger partial charge in [0.1, 0.15) is 11.8 Å². The van der Waals surface area contributed by atoms with Gasteiger partial charge in [0.15, 0.2) is 5.92 Å². The highest BCUT2D eigenvalue weighted by Gasteiger charge is 2.47. The molecular weight excluding hydrogens is 367 g/mol. The summed E-state index contributed by atoms with van der Waals surface area (Å²) in [5.74, 6) is -6.84. The first-order valence-corrected chi connectivity index (χ1v) is 8.60. The van der Waals surface area contributed by atoms with Gasteiger partial charge in [-0.25, -0.2) is 4.79 Å². The van der Waals surface area contributed by atoms with Crippen molar-refractivity contribution in [3.05, 3.63) is 35.9 Å². The number of carbonyl (C=O) groups excluding carboxylic acids is 2. The number of nitrogens with one attached hydrogen (secondary N) is 1. The average Bonchev–Trinajstić information content (AvgIpc) is 2.45. The Hall–Kier alpha value is -2.14.